The summed E-state index contributed by atoms with van der Waals surface area (Å²) in [7, 11) is 4.07. The lowest BCUT2D eigenvalue weighted by molar-refractivity contribution is -0.150. The lowest BCUT2D eigenvalue weighted by atomic mass is 9.83. The molecule has 1 N–H and O–H groups in total. The van der Waals surface area contributed by atoms with Crippen LogP contribution in [-0.2, 0) is 17.8 Å². The van der Waals surface area contributed by atoms with Crippen molar-refractivity contribution in [3.63, 3.8) is 0 Å². The van der Waals surface area contributed by atoms with E-state index in [-0.39, 0.29) is 11.8 Å². The van der Waals surface area contributed by atoms with E-state index in [1.165, 1.54) is 12.0 Å². The number of nitrogens with one attached hydrogen (secondary N) is 1. The van der Waals surface area contributed by atoms with Gasteiger partial charge in [-0.25, -0.2) is 9.97 Å². The molecule has 2 fully saturated rings. The molecule has 33 heavy (non-hydrogen) atoms. The number of para-hydroxylation sites is 1. The maximum Gasteiger partial charge on any atom is 0.266 e. The predicted octanol–water partition coefficient (Wildman–Crippen LogP) is 3.60. The molecule has 2 aromatic rings. The van der Waals surface area contributed by atoms with E-state index < -0.39 is 5.60 Å². The minimum absolute atomic E-state index is 0.139. The molecule has 1 saturated carbocycles. The Labute approximate surface area is 196 Å². The molecule has 1 amide bonds. The molecular formula is C26H35N5O2. The van der Waals surface area contributed by atoms with Crippen LogP contribution in [0.15, 0.2) is 30.3 Å². The van der Waals surface area contributed by atoms with Crippen molar-refractivity contribution in [1.29, 1.82) is 0 Å². The highest BCUT2D eigenvalue weighted by Gasteiger charge is 2.46. The van der Waals surface area contributed by atoms with Gasteiger partial charge in [-0.05, 0) is 57.7 Å². The quantitative estimate of drug-likeness (QED) is 0.752. The van der Waals surface area contributed by atoms with Crippen molar-refractivity contribution in [2.45, 2.75) is 63.0 Å². The molecule has 5 rings (SSSR count). The number of amides is 1. The van der Waals surface area contributed by atoms with Crippen LogP contribution in [0.3, 0.4) is 0 Å². The van der Waals surface area contributed by atoms with Crippen LogP contribution in [0.1, 0.15) is 61.5 Å². The summed E-state index contributed by atoms with van der Waals surface area (Å²) in [6.45, 7) is 3.28. The summed E-state index contributed by atoms with van der Waals surface area (Å²) in [5.41, 5.74) is 1.62. The van der Waals surface area contributed by atoms with E-state index in [0.29, 0.717) is 6.54 Å². The largest absolute Gasteiger partial charge is 0.477 e. The van der Waals surface area contributed by atoms with Gasteiger partial charge in [0.15, 0.2) is 5.60 Å². The third-order valence-corrected chi connectivity index (χ3v) is 7.46. The molecule has 1 atom stereocenters. The number of fused-ring (bicyclic) bond motifs is 1. The molecule has 0 unspecified atom stereocenters. The number of anilines is 1. The maximum atomic E-state index is 13.8. The van der Waals surface area contributed by atoms with Crippen LogP contribution in [-0.4, -0.2) is 65.0 Å². The van der Waals surface area contributed by atoms with Crippen molar-refractivity contribution in [2.75, 3.05) is 39.0 Å². The van der Waals surface area contributed by atoms with Crippen molar-refractivity contribution in [3.05, 3.63) is 47.4 Å². The SMILES string of the molecule is CNc1nc([C@@H]2CCN(C(=O)C3(Oc4ccccc4)CCCCC3)C2)nc2c1CCN(C)C2. The molecule has 1 aromatic carbocycles. The Morgan fingerprint density at radius 1 is 1.12 bits per heavy atom. The van der Waals surface area contributed by atoms with Gasteiger partial charge < -0.3 is 19.9 Å². The minimum atomic E-state index is -0.746. The molecule has 1 aliphatic carbocycles. The Balaban J connectivity index is 1.36. The molecule has 176 valence electrons. The van der Waals surface area contributed by atoms with Crippen LogP contribution in [0, 0.1) is 0 Å². The summed E-state index contributed by atoms with van der Waals surface area (Å²) < 4.78 is 6.44. The van der Waals surface area contributed by atoms with Gasteiger partial charge in [0.05, 0.1) is 5.69 Å². The van der Waals surface area contributed by atoms with Crippen LogP contribution in [0.4, 0.5) is 5.82 Å². The summed E-state index contributed by atoms with van der Waals surface area (Å²) in [6.07, 6.45) is 6.66. The van der Waals surface area contributed by atoms with Crippen molar-refractivity contribution < 1.29 is 9.53 Å². The van der Waals surface area contributed by atoms with Gasteiger partial charge in [-0.15, -0.1) is 0 Å². The van der Waals surface area contributed by atoms with Crippen LogP contribution in [0.5, 0.6) is 5.75 Å². The predicted molar refractivity (Wildman–Crippen MR) is 128 cm³/mol. The Morgan fingerprint density at radius 2 is 1.91 bits per heavy atom. The van der Waals surface area contributed by atoms with E-state index in [9.17, 15) is 4.79 Å². The summed E-state index contributed by atoms with van der Waals surface area (Å²) in [4.78, 5) is 28.0. The second-order valence-electron chi connectivity index (χ2n) is 9.80. The van der Waals surface area contributed by atoms with Gasteiger partial charge in [-0.2, -0.15) is 0 Å². The summed E-state index contributed by atoms with van der Waals surface area (Å²) in [6, 6.07) is 9.81. The topological polar surface area (TPSA) is 70.6 Å². The third kappa shape index (κ3) is 4.43. The first-order valence-electron chi connectivity index (χ1n) is 12.4. The molecule has 7 heteroatoms. The highest BCUT2D eigenvalue weighted by Crippen LogP contribution is 2.37. The Kier molecular flexibility index (Phi) is 6.23. The first kappa shape index (κ1) is 22.1. The van der Waals surface area contributed by atoms with E-state index in [4.69, 9.17) is 14.7 Å². The fourth-order valence-electron chi connectivity index (χ4n) is 5.61. The Bertz CT molecular complexity index is 990. The highest BCUT2D eigenvalue weighted by molar-refractivity contribution is 5.86. The first-order chi connectivity index (χ1) is 16.1. The number of nitrogens with zero attached hydrogens (tertiary/aromatic N) is 4. The number of rotatable bonds is 5. The van der Waals surface area contributed by atoms with Gasteiger partial charge in [0.1, 0.15) is 17.4 Å². The van der Waals surface area contributed by atoms with Crippen LogP contribution < -0.4 is 10.1 Å². The second-order valence-corrected chi connectivity index (χ2v) is 9.80. The average molecular weight is 450 g/mol. The molecule has 0 radical (unpaired) electrons. The number of hydrogen-bond donors (Lipinski definition) is 1. The third-order valence-electron chi connectivity index (χ3n) is 7.46. The lowest BCUT2D eigenvalue weighted by Crippen LogP contribution is -2.53. The molecule has 1 saturated heterocycles. The van der Waals surface area contributed by atoms with Gasteiger partial charge in [0.2, 0.25) is 0 Å². The number of likely N-dealkylation sites (N-methyl/N-ethyl adjacent to an activating group) is 1. The van der Waals surface area contributed by atoms with Crippen LogP contribution in [0.25, 0.3) is 0 Å². The standard InChI is InChI=1S/C26H35N5O2/c1-27-24-21-12-15-30(2)18-22(21)28-23(29-24)19-11-16-31(17-19)25(32)26(13-7-4-8-14-26)33-20-9-5-3-6-10-20/h3,5-6,9-10,19H,4,7-8,11-18H2,1-2H3,(H,27,28,29)/t19-/m1/s1. The number of benzene rings is 1. The second kappa shape index (κ2) is 9.29. The van der Waals surface area contributed by atoms with Crippen molar-refractivity contribution in [1.82, 2.24) is 19.8 Å². The molecule has 2 aliphatic heterocycles. The molecule has 7 nitrogen and oxygen atoms in total. The maximum absolute atomic E-state index is 13.8. The van der Waals surface area contributed by atoms with E-state index in [2.05, 4.69) is 17.3 Å². The Morgan fingerprint density at radius 3 is 2.67 bits per heavy atom. The Hall–Kier alpha value is -2.67. The zero-order chi connectivity index (χ0) is 22.8. The van der Waals surface area contributed by atoms with Gasteiger partial charge in [0.25, 0.3) is 5.91 Å². The van der Waals surface area contributed by atoms with Gasteiger partial charge >= 0.3 is 0 Å². The van der Waals surface area contributed by atoms with E-state index >= 15 is 0 Å². The molecular weight excluding hydrogens is 414 g/mol. The fraction of sp³-hybridized carbons (Fsp3) is 0.577. The summed E-state index contributed by atoms with van der Waals surface area (Å²) in [5.74, 6) is 2.90. The van der Waals surface area contributed by atoms with Crippen LogP contribution >= 0.6 is 0 Å². The van der Waals surface area contributed by atoms with E-state index in [0.717, 1.165) is 81.2 Å². The number of ether oxygens (including phenoxy) is 1. The zero-order valence-corrected chi connectivity index (χ0v) is 19.8. The number of carbonyl (C=O) groups is 1. The summed E-state index contributed by atoms with van der Waals surface area (Å²) in [5, 5.41) is 3.28. The number of carbonyl (C=O) groups excluding carboxylic acids is 1. The van der Waals surface area contributed by atoms with Gasteiger partial charge in [0, 0.05) is 44.7 Å². The lowest BCUT2D eigenvalue weighted by Gasteiger charge is -2.39. The molecule has 0 bridgehead atoms. The molecule has 3 aliphatic rings. The first-order valence-corrected chi connectivity index (χ1v) is 12.4. The van der Waals surface area contributed by atoms with Crippen molar-refractivity contribution >= 4 is 11.7 Å². The number of hydrogen-bond acceptors (Lipinski definition) is 6. The monoisotopic (exact) mass is 449 g/mol. The van der Waals surface area contributed by atoms with E-state index in [1.807, 2.05) is 42.3 Å². The minimum Gasteiger partial charge on any atom is -0.477 e. The normalized spacial score (nSPS) is 22.6. The fourth-order valence-corrected chi connectivity index (χ4v) is 5.61. The van der Waals surface area contributed by atoms with Crippen molar-refractivity contribution in [3.8, 4) is 5.75 Å². The van der Waals surface area contributed by atoms with Crippen LogP contribution in [0.2, 0.25) is 0 Å². The smallest absolute Gasteiger partial charge is 0.266 e. The average Bonchev–Trinajstić information content (AvgIpc) is 3.34. The van der Waals surface area contributed by atoms with Gasteiger partial charge in [-0.1, -0.05) is 24.6 Å². The molecule has 1 aromatic heterocycles. The zero-order valence-electron chi connectivity index (χ0n) is 19.8. The number of likely N-dealkylation sites (tertiary alicyclic amines) is 1. The number of aromatic nitrogens is 2. The summed E-state index contributed by atoms with van der Waals surface area (Å²) >= 11 is 0. The highest BCUT2D eigenvalue weighted by atomic mass is 16.5. The molecule has 3 heterocycles. The van der Waals surface area contributed by atoms with Gasteiger partial charge in [-0.3, -0.25) is 4.79 Å². The molecule has 0 spiro atoms. The van der Waals surface area contributed by atoms with Crippen molar-refractivity contribution in [2.24, 2.45) is 0 Å². The van der Waals surface area contributed by atoms with E-state index in [1.54, 1.807) is 0 Å².